The van der Waals surface area contributed by atoms with Crippen LogP contribution in [0.25, 0.3) is 0 Å². The van der Waals surface area contributed by atoms with Gasteiger partial charge in [0.1, 0.15) is 0 Å². The molecule has 0 fully saturated rings. The van der Waals surface area contributed by atoms with Crippen molar-refractivity contribution in [3.63, 3.8) is 0 Å². The molecule has 2 amide bonds. The van der Waals surface area contributed by atoms with Crippen LogP contribution in [-0.4, -0.2) is 23.8 Å². The number of thiazole rings is 1. The van der Waals surface area contributed by atoms with E-state index in [0.717, 1.165) is 22.5 Å². The van der Waals surface area contributed by atoms with Crippen LogP contribution < -0.4 is 10.2 Å². The quantitative estimate of drug-likeness (QED) is 0.945. The van der Waals surface area contributed by atoms with Crippen molar-refractivity contribution in [2.45, 2.75) is 19.8 Å². The second kappa shape index (κ2) is 5.29. The molecule has 2 heterocycles. The minimum Gasteiger partial charge on any atom is -0.315 e. The van der Waals surface area contributed by atoms with Crippen LogP contribution in [-0.2, 0) is 22.4 Å². The van der Waals surface area contributed by atoms with Gasteiger partial charge in [-0.3, -0.25) is 9.59 Å². The van der Waals surface area contributed by atoms with Crippen LogP contribution in [0.2, 0.25) is 0 Å². The van der Waals surface area contributed by atoms with Crippen LogP contribution in [0.1, 0.15) is 16.8 Å². The van der Waals surface area contributed by atoms with Crippen LogP contribution in [0.15, 0.2) is 23.6 Å². The fraction of sp³-hybridized carbons (Fsp3) is 0.267. The summed E-state index contributed by atoms with van der Waals surface area (Å²) in [5.41, 5.74) is 3.72. The number of hydrogen-bond donors (Lipinski definition) is 1. The molecule has 108 valence electrons. The van der Waals surface area contributed by atoms with Crippen molar-refractivity contribution < 1.29 is 9.59 Å². The Hall–Kier alpha value is -2.21. The molecule has 0 spiro atoms. The van der Waals surface area contributed by atoms with Gasteiger partial charge in [-0.05, 0) is 24.1 Å². The molecule has 1 N–H and O–H groups in total. The zero-order chi connectivity index (χ0) is 15.0. The molecule has 1 aromatic heterocycles. The Morgan fingerprint density at radius 3 is 3.00 bits per heavy atom. The highest BCUT2D eigenvalue weighted by Gasteiger charge is 2.24. The lowest BCUT2D eigenvalue weighted by Crippen LogP contribution is -2.20. The van der Waals surface area contributed by atoms with Crippen molar-refractivity contribution in [2.75, 3.05) is 17.3 Å². The molecule has 0 radical (unpaired) electrons. The maximum absolute atomic E-state index is 12.0. The summed E-state index contributed by atoms with van der Waals surface area (Å²) in [7, 11) is 1.77. The number of nitrogens with one attached hydrogen (secondary N) is 1. The lowest BCUT2D eigenvalue weighted by atomic mass is 10.1. The molecular formula is C15H15N3O2S. The van der Waals surface area contributed by atoms with E-state index in [4.69, 9.17) is 0 Å². The maximum Gasteiger partial charge on any atom is 0.231 e. The van der Waals surface area contributed by atoms with E-state index in [2.05, 4.69) is 10.3 Å². The summed E-state index contributed by atoms with van der Waals surface area (Å²) in [4.78, 5) is 29.5. The zero-order valence-corrected chi connectivity index (χ0v) is 12.7. The van der Waals surface area contributed by atoms with Crippen LogP contribution in [0, 0.1) is 6.92 Å². The SMILES string of the molecule is Cc1csc(NC(=O)Cc2ccc3c(c2)CC(=O)N3C)n1. The molecule has 0 saturated carbocycles. The third-order valence-corrected chi connectivity index (χ3v) is 4.33. The predicted octanol–water partition coefficient (Wildman–Crippen LogP) is 2.15. The Kier molecular flexibility index (Phi) is 3.47. The van der Waals surface area contributed by atoms with Gasteiger partial charge in [-0.1, -0.05) is 12.1 Å². The second-order valence-electron chi connectivity index (χ2n) is 5.11. The van der Waals surface area contributed by atoms with Gasteiger partial charge in [0.05, 0.1) is 18.5 Å². The average molecular weight is 301 g/mol. The van der Waals surface area contributed by atoms with E-state index in [-0.39, 0.29) is 18.2 Å². The molecule has 21 heavy (non-hydrogen) atoms. The molecule has 3 rings (SSSR count). The van der Waals surface area contributed by atoms with Gasteiger partial charge in [-0.2, -0.15) is 0 Å². The van der Waals surface area contributed by atoms with E-state index in [0.29, 0.717) is 11.6 Å². The maximum atomic E-state index is 12.0. The Balaban J connectivity index is 1.70. The van der Waals surface area contributed by atoms with E-state index in [9.17, 15) is 9.59 Å². The van der Waals surface area contributed by atoms with Gasteiger partial charge in [-0.15, -0.1) is 11.3 Å². The zero-order valence-electron chi connectivity index (χ0n) is 11.8. The normalized spacial score (nSPS) is 13.4. The first-order valence-corrected chi connectivity index (χ1v) is 7.51. The molecule has 1 aliphatic heterocycles. The van der Waals surface area contributed by atoms with Crippen molar-refractivity contribution in [2.24, 2.45) is 0 Å². The fourth-order valence-electron chi connectivity index (χ4n) is 2.39. The molecule has 5 nitrogen and oxygen atoms in total. The number of likely N-dealkylation sites (N-methyl/N-ethyl adjacent to an activating group) is 1. The van der Waals surface area contributed by atoms with Crippen molar-refractivity contribution in [1.82, 2.24) is 4.98 Å². The van der Waals surface area contributed by atoms with Gasteiger partial charge in [0.25, 0.3) is 0 Å². The Morgan fingerprint density at radius 1 is 1.48 bits per heavy atom. The van der Waals surface area contributed by atoms with Gasteiger partial charge in [0.15, 0.2) is 5.13 Å². The van der Waals surface area contributed by atoms with E-state index in [1.807, 2.05) is 30.5 Å². The van der Waals surface area contributed by atoms with Gasteiger partial charge >= 0.3 is 0 Å². The van der Waals surface area contributed by atoms with Gasteiger partial charge < -0.3 is 10.2 Å². The number of aryl methyl sites for hydroxylation is 1. The van der Waals surface area contributed by atoms with Crippen LogP contribution >= 0.6 is 11.3 Å². The second-order valence-corrected chi connectivity index (χ2v) is 5.97. The number of carbonyl (C=O) groups is 2. The molecular weight excluding hydrogens is 286 g/mol. The molecule has 0 bridgehead atoms. The standard InChI is InChI=1S/C15H15N3O2S/c1-9-8-21-15(16-9)17-13(19)6-10-3-4-12-11(5-10)7-14(20)18(12)2/h3-5,8H,6-7H2,1-2H3,(H,16,17,19). The van der Waals surface area contributed by atoms with Gasteiger partial charge in [-0.25, -0.2) is 4.98 Å². The first kappa shape index (κ1) is 13.8. The van der Waals surface area contributed by atoms with Gasteiger partial charge in [0, 0.05) is 18.1 Å². The number of rotatable bonds is 3. The highest BCUT2D eigenvalue weighted by Crippen LogP contribution is 2.28. The van der Waals surface area contributed by atoms with E-state index in [1.165, 1.54) is 11.3 Å². The summed E-state index contributed by atoms with van der Waals surface area (Å²) in [6.07, 6.45) is 0.691. The van der Waals surface area contributed by atoms with Crippen molar-refractivity contribution in [3.8, 4) is 0 Å². The predicted molar refractivity (Wildman–Crippen MR) is 82.7 cm³/mol. The minimum absolute atomic E-state index is 0.0878. The third-order valence-electron chi connectivity index (χ3n) is 3.45. The van der Waals surface area contributed by atoms with Gasteiger partial charge in [0.2, 0.25) is 11.8 Å². The average Bonchev–Trinajstić information content (AvgIpc) is 2.94. The van der Waals surface area contributed by atoms with Crippen molar-refractivity contribution >= 4 is 34.0 Å². The first-order valence-electron chi connectivity index (χ1n) is 6.63. The van der Waals surface area contributed by atoms with E-state index >= 15 is 0 Å². The first-order chi connectivity index (χ1) is 10.0. The lowest BCUT2D eigenvalue weighted by molar-refractivity contribution is -0.117. The summed E-state index contributed by atoms with van der Waals surface area (Å²) in [5, 5.41) is 5.30. The summed E-state index contributed by atoms with van der Waals surface area (Å²) >= 11 is 1.41. The van der Waals surface area contributed by atoms with Crippen LogP contribution in [0.4, 0.5) is 10.8 Å². The van der Waals surface area contributed by atoms with Crippen LogP contribution in [0.5, 0.6) is 0 Å². The Bertz CT molecular complexity index is 723. The molecule has 6 heteroatoms. The largest absolute Gasteiger partial charge is 0.315 e. The number of fused-ring (bicyclic) bond motifs is 1. The topological polar surface area (TPSA) is 62.3 Å². The summed E-state index contributed by atoms with van der Waals surface area (Å²) in [6, 6.07) is 5.72. The van der Waals surface area contributed by atoms with Crippen molar-refractivity contribution in [1.29, 1.82) is 0 Å². The molecule has 0 atom stereocenters. The van der Waals surface area contributed by atoms with E-state index < -0.39 is 0 Å². The number of benzene rings is 1. The number of amides is 2. The number of nitrogens with zero attached hydrogens (tertiary/aromatic N) is 2. The summed E-state index contributed by atoms with van der Waals surface area (Å²) in [6.45, 7) is 1.89. The number of hydrogen-bond acceptors (Lipinski definition) is 4. The molecule has 0 saturated heterocycles. The summed E-state index contributed by atoms with van der Waals surface area (Å²) in [5.74, 6) is -0.00756. The highest BCUT2D eigenvalue weighted by atomic mass is 32.1. The molecule has 0 aliphatic carbocycles. The molecule has 2 aromatic rings. The molecule has 0 unspecified atom stereocenters. The Morgan fingerprint density at radius 2 is 2.29 bits per heavy atom. The highest BCUT2D eigenvalue weighted by molar-refractivity contribution is 7.13. The lowest BCUT2D eigenvalue weighted by Gasteiger charge is -2.10. The van der Waals surface area contributed by atoms with Crippen LogP contribution in [0.3, 0.4) is 0 Å². The fourth-order valence-corrected chi connectivity index (χ4v) is 3.10. The summed E-state index contributed by atoms with van der Waals surface area (Å²) < 4.78 is 0. The monoisotopic (exact) mass is 301 g/mol. The molecule has 1 aromatic carbocycles. The minimum atomic E-state index is -0.0954. The Labute approximate surface area is 126 Å². The van der Waals surface area contributed by atoms with E-state index in [1.54, 1.807) is 11.9 Å². The molecule has 1 aliphatic rings. The number of anilines is 2. The number of carbonyl (C=O) groups excluding carboxylic acids is 2. The third kappa shape index (κ3) is 2.80. The van der Waals surface area contributed by atoms with Crippen molar-refractivity contribution in [3.05, 3.63) is 40.4 Å². The number of aromatic nitrogens is 1. The smallest absolute Gasteiger partial charge is 0.231 e.